The summed E-state index contributed by atoms with van der Waals surface area (Å²) in [5, 5.41) is 20.1. The van der Waals surface area contributed by atoms with Crippen LogP contribution < -0.4 is 0 Å². The Morgan fingerprint density at radius 1 is 1.42 bits per heavy atom. The number of phenolic OH excluding ortho intramolecular Hbond substituents is 1. The van der Waals surface area contributed by atoms with E-state index in [2.05, 4.69) is 9.97 Å². The fourth-order valence-corrected chi connectivity index (χ4v) is 2.00. The maximum absolute atomic E-state index is 10.7. The molecule has 2 heterocycles. The van der Waals surface area contributed by atoms with Crippen molar-refractivity contribution in [2.75, 3.05) is 0 Å². The van der Waals surface area contributed by atoms with Gasteiger partial charge in [-0.15, -0.1) is 0 Å². The van der Waals surface area contributed by atoms with Gasteiger partial charge in [-0.1, -0.05) is 0 Å². The van der Waals surface area contributed by atoms with E-state index in [0.717, 1.165) is 0 Å². The Bertz CT molecular complexity index is 787. The van der Waals surface area contributed by atoms with Gasteiger partial charge in [-0.05, 0) is 12.1 Å². The second-order valence-corrected chi connectivity index (χ2v) is 4.24. The summed E-state index contributed by atoms with van der Waals surface area (Å²) >= 11 is 0. The number of phenols is 1. The largest absolute Gasteiger partial charge is 0.508 e. The van der Waals surface area contributed by atoms with Crippen LogP contribution in [0, 0.1) is 10.1 Å². The number of H-pyrrole nitrogens is 1. The van der Waals surface area contributed by atoms with Crippen LogP contribution in [0.1, 0.15) is 0 Å². The Labute approximate surface area is 107 Å². The van der Waals surface area contributed by atoms with E-state index in [4.69, 9.17) is 0 Å². The zero-order chi connectivity index (χ0) is 13.6. The van der Waals surface area contributed by atoms with Crippen molar-refractivity contribution in [2.45, 2.75) is 0 Å². The van der Waals surface area contributed by atoms with Crippen LogP contribution in [0.3, 0.4) is 0 Å². The fraction of sp³-hybridized carbons (Fsp3) is 0.0833. The van der Waals surface area contributed by atoms with Gasteiger partial charge in [0, 0.05) is 19.2 Å². The van der Waals surface area contributed by atoms with Crippen LogP contribution in [0.5, 0.6) is 5.75 Å². The van der Waals surface area contributed by atoms with Gasteiger partial charge in [-0.2, -0.15) is 0 Å². The topological polar surface area (TPSA) is 97.0 Å². The molecule has 0 spiro atoms. The molecule has 2 N–H and O–H groups in total. The van der Waals surface area contributed by atoms with E-state index in [1.54, 1.807) is 29.8 Å². The lowest BCUT2D eigenvalue weighted by atomic mass is 10.3. The summed E-state index contributed by atoms with van der Waals surface area (Å²) in [7, 11) is 1.72. The maximum Gasteiger partial charge on any atom is 0.287 e. The Hall–Kier alpha value is -2.83. The number of imidazole rings is 1. The van der Waals surface area contributed by atoms with Gasteiger partial charge in [0.05, 0.1) is 27.8 Å². The third-order valence-electron chi connectivity index (χ3n) is 2.91. The van der Waals surface area contributed by atoms with E-state index < -0.39 is 4.92 Å². The molecule has 0 amide bonds. The van der Waals surface area contributed by atoms with E-state index >= 15 is 0 Å². The first-order valence-corrected chi connectivity index (χ1v) is 5.54. The predicted octanol–water partition coefficient (Wildman–Crippen LogP) is 2.18. The summed E-state index contributed by atoms with van der Waals surface area (Å²) in [6.07, 6.45) is 1.43. The first-order valence-electron chi connectivity index (χ1n) is 5.54. The first kappa shape index (κ1) is 11.3. The summed E-state index contributed by atoms with van der Waals surface area (Å²) in [6, 6.07) is 6.24. The molecule has 3 aromatic rings. The van der Waals surface area contributed by atoms with Crippen LogP contribution in [0.2, 0.25) is 0 Å². The Balaban J connectivity index is 2.16. The second-order valence-electron chi connectivity index (χ2n) is 4.24. The molecule has 1 aromatic carbocycles. The van der Waals surface area contributed by atoms with Gasteiger partial charge in [-0.25, -0.2) is 4.98 Å². The molecule has 96 valence electrons. The van der Waals surface area contributed by atoms with Crippen LogP contribution in [0.15, 0.2) is 30.5 Å². The highest BCUT2D eigenvalue weighted by Crippen LogP contribution is 2.26. The van der Waals surface area contributed by atoms with Gasteiger partial charge >= 0.3 is 0 Å². The van der Waals surface area contributed by atoms with Crippen molar-refractivity contribution < 1.29 is 10.0 Å². The lowest BCUT2D eigenvalue weighted by Crippen LogP contribution is -1.90. The third kappa shape index (κ3) is 1.81. The van der Waals surface area contributed by atoms with E-state index in [1.165, 1.54) is 12.3 Å². The van der Waals surface area contributed by atoms with Gasteiger partial charge in [0.2, 0.25) is 0 Å². The van der Waals surface area contributed by atoms with Crippen LogP contribution in [0.25, 0.3) is 22.6 Å². The molecule has 0 aliphatic rings. The number of nitrogens with zero attached hydrogens (tertiary/aromatic N) is 3. The highest BCUT2D eigenvalue weighted by atomic mass is 16.6. The van der Waals surface area contributed by atoms with Crippen LogP contribution in [0.4, 0.5) is 5.69 Å². The van der Waals surface area contributed by atoms with E-state index in [1.807, 2.05) is 0 Å². The lowest BCUT2D eigenvalue weighted by Gasteiger charge is -1.96. The van der Waals surface area contributed by atoms with Crippen LogP contribution >= 0.6 is 0 Å². The summed E-state index contributed by atoms with van der Waals surface area (Å²) in [5.41, 5.74) is 2.00. The minimum absolute atomic E-state index is 0.0146. The van der Waals surface area contributed by atoms with Crippen molar-refractivity contribution in [3.05, 3.63) is 40.6 Å². The number of hydrogen-bond donors (Lipinski definition) is 2. The molecule has 0 unspecified atom stereocenters. The normalized spacial score (nSPS) is 11.0. The molecule has 0 radical (unpaired) electrons. The zero-order valence-corrected chi connectivity index (χ0v) is 9.99. The molecule has 0 atom stereocenters. The highest BCUT2D eigenvalue weighted by Gasteiger charge is 2.16. The van der Waals surface area contributed by atoms with Crippen LogP contribution in [-0.2, 0) is 7.05 Å². The molecule has 7 heteroatoms. The molecular weight excluding hydrogens is 248 g/mol. The molecule has 0 saturated heterocycles. The zero-order valence-electron chi connectivity index (χ0n) is 9.99. The molecule has 7 nitrogen and oxygen atoms in total. The fourth-order valence-electron chi connectivity index (χ4n) is 2.00. The number of aryl methyl sites for hydroxylation is 1. The van der Waals surface area contributed by atoms with Crippen LogP contribution in [-0.4, -0.2) is 24.6 Å². The number of hydrogen-bond acceptors (Lipinski definition) is 4. The van der Waals surface area contributed by atoms with Crippen molar-refractivity contribution in [2.24, 2.45) is 7.05 Å². The van der Waals surface area contributed by atoms with E-state index in [0.29, 0.717) is 22.6 Å². The molecule has 0 aliphatic heterocycles. The van der Waals surface area contributed by atoms with Crippen molar-refractivity contribution in [1.82, 2.24) is 14.5 Å². The minimum Gasteiger partial charge on any atom is -0.508 e. The second kappa shape index (κ2) is 3.84. The number of nitrogens with one attached hydrogen (secondary N) is 1. The summed E-state index contributed by atoms with van der Waals surface area (Å²) in [6.45, 7) is 0. The summed E-state index contributed by atoms with van der Waals surface area (Å²) < 4.78 is 1.63. The molecule has 0 bridgehead atoms. The average Bonchev–Trinajstić information content (AvgIpc) is 2.91. The summed E-state index contributed by atoms with van der Waals surface area (Å²) in [4.78, 5) is 17.7. The van der Waals surface area contributed by atoms with Gasteiger partial charge in [0.1, 0.15) is 5.75 Å². The predicted molar refractivity (Wildman–Crippen MR) is 68.8 cm³/mol. The van der Waals surface area contributed by atoms with E-state index in [9.17, 15) is 15.2 Å². The number of rotatable bonds is 2. The average molecular weight is 258 g/mol. The monoisotopic (exact) mass is 258 g/mol. The lowest BCUT2D eigenvalue weighted by molar-refractivity contribution is -0.384. The molecule has 0 saturated carbocycles. The van der Waals surface area contributed by atoms with Gasteiger partial charge in [0.15, 0.2) is 5.82 Å². The van der Waals surface area contributed by atoms with E-state index in [-0.39, 0.29) is 11.4 Å². The van der Waals surface area contributed by atoms with Crippen molar-refractivity contribution in [1.29, 1.82) is 0 Å². The smallest absolute Gasteiger partial charge is 0.287 e. The minimum atomic E-state index is -0.446. The van der Waals surface area contributed by atoms with Gasteiger partial charge < -0.3 is 14.7 Å². The highest BCUT2D eigenvalue weighted by molar-refractivity contribution is 5.80. The molecule has 0 fully saturated rings. The van der Waals surface area contributed by atoms with Crippen molar-refractivity contribution in [3.8, 4) is 17.3 Å². The molecule has 0 aliphatic carbocycles. The molecular formula is C12H10N4O3. The number of benzene rings is 1. The number of fused-ring (bicyclic) bond motifs is 1. The maximum atomic E-state index is 10.7. The first-order chi connectivity index (χ1) is 9.04. The molecule has 19 heavy (non-hydrogen) atoms. The van der Waals surface area contributed by atoms with Crippen molar-refractivity contribution in [3.63, 3.8) is 0 Å². The van der Waals surface area contributed by atoms with Gasteiger partial charge in [-0.3, -0.25) is 10.1 Å². The summed E-state index contributed by atoms with van der Waals surface area (Å²) in [5.74, 6) is 0.664. The number of aromatic hydroxyl groups is 1. The number of nitro groups is 1. The third-order valence-corrected chi connectivity index (χ3v) is 2.91. The quantitative estimate of drug-likeness (QED) is 0.543. The van der Waals surface area contributed by atoms with Crippen molar-refractivity contribution >= 4 is 16.7 Å². The number of aromatic nitrogens is 3. The standard InChI is InChI=1S/C12H10N4O3/c1-15-6-7(16(18)19)4-11(15)12-13-9-3-2-8(17)5-10(9)14-12/h2-6,17H,1H3,(H,13,14). The Kier molecular flexibility index (Phi) is 2.28. The molecule has 2 aromatic heterocycles. The molecule has 3 rings (SSSR count). The number of aromatic amines is 1. The Morgan fingerprint density at radius 3 is 2.89 bits per heavy atom. The Morgan fingerprint density at radius 2 is 2.21 bits per heavy atom. The van der Waals surface area contributed by atoms with Gasteiger partial charge in [0.25, 0.3) is 5.69 Å². The SMILES string of the molecule is Cn1cc([N+](=O)[O-])cc1-c1nc2ccc(O)cc2[nH]1.